The average molecular weight is 240 g/mol. The molecular weight excluding hydrogens is 230 g/mol. The normalized spacial score (nSPS) is 10.5. The summed E-state index contributed by atoms with van der Waals surface area (Å²) in [5, 5.41) is 5.89. The van der Waals surface area contributed by atoms with Gasteiger partial charge in [-0.1, -0.05) is 17.7 Å². The van der Waals surface area contributed by atoms with E-state index in [9.17, 15) is 0 Å². The number of hydrogen-bond acceptors (Lipinski definition) is 3. The molecular formula is C10H10ClN3S. The summed E-state index contributed by atoms with van der Waals surface area (Å²) in [5.41, 5.74) is 6.57. The zero-order valence-corrected chi connectivity index (χ0v) is 9.72. The number of halogens is 1. The minimum absolute atomic E-state index is 0.513. The maximum atomic E-state index is 5.92. The van der Waals surface area contributed by atoms with Gasteiger partial charge in [-0.15, -0.1) is 16.9 Å². The zero-order valence-electron chi connectivity index (χ0n) is 8.14. The van der Waals surface area contributed by atoms with Crippen LogP contribution in [0.15, 0.2) is 35.4 Å². The van der Waals surface area contributed by atoms with Crippen LogP contribution in [-0.4, -0.2) is 16.0 Å². The molecule has 0 aliphatic carbocycles. The monoisotopic (exact) mass is 239 g/mol. The van der Waals surface area contributed by atoms with E-state index in [-0.39, 0.29) is 0 Å². The Hall–Kier alpha value is -1.13. The molecule has 0 saturated heterocycles. The maximum absolute atomic E-state index is 5.92. The number of nitrogens with two attached hydrogens (primary N) is 1. The molecule has 0 spiro atoms. The van der Waals surface area contributed by atoms with Crippen molar-refractivity contribution < 1.29 is 0 Å². The first-order valence-electron chi connectivity index (χ1n) is 4.36. The average Bonchev–Trinajstić information content (AvgIpc) is 2.59. The van der Waals surface area contributed by atoms with Crippen molar-refractivity contribution in [1.29, 1.82) is 0 Å². The van der Waals surface area contributed by atoms with Crippen LogP contribution in [-0.2, 0) is 0 Å². The molecule has 0 aliphatic heterocycles. The van der Waals surface area contributed by atoms with Crippen molar-refractivity contribution >= 4 is 29.2 Å². The third kappa shape index (κ3) is 2.11. The fourth-order valence-electron chi connectivity index (χ4n) is 1.32. The van der Waals surface area contributed by atoms with Gasteiger partial charge in [-0.05, 0) is 24.5 Å². The van der Waals surface area contributed by atoms with Gasteiger partial charge in [-0.3, -0.25) is 0 Å². The second-order valence-corrected chi connectivity index (χ2v) is 4.27. The second-order valence-electron chi connectivity index (χ2n) is 3.00. The first kappa shape index (κ1) is 10.4. The van der Waals surface area contributed by atoms with Gasteiger partial charge in [0.1, 0.15) is 10.8 Å². The van der Waals surface area contributed by atoms with Crippen molar-refractivity contribution in [3.05, 3.63) is 35.4 Å². The lowest BCUT2D eigenvalue weighted by atomic mass is 10.3. The molecule has 0 unspecified atom stereocenters. The van der Waals surface area contributed by atoms with E-state index in [2.05, 4.69) is 5.10 Å². The number of nitrogens with zero attached hydrogens (tertiary/aromatic N) is 2. The Bertz CT molecular complexity index is 481. The molecule has 2 rings (SSSR count). The number of benzene rings is 1. The lowest BCUT2D eigenvalue weighted by Crippen LogP contribution is -1.98. The molecule has 1 aromatic heterocycles. The van der Waals surface area contributed by atoms with E-state index in [1.54, 1.807) is 16.4 Å². The van der Waals surface area contributed by atoms with Crippen LogP contribution in [0.4, 0.5) is 5.82 Å². The smallest absolute Gasteiger partial charge is 0.147 e. The van der Waals surface area contributed by atoms with Gasteiger partial charge >= 0.3 is 0 Å². The molecule has 78 valence electrons. The molecule has 0 amide bonds. The van der Waals surface area contributed by atoms with Crippen molar-refractivity contribution in [2.24, 2.45) is 0 Å². The van der Waals surface area contributed by atoms with Crippen LogP contribution in [0.5, 0.6) is 0 Å². The molecule has 0 radical (unpaired) electrons. The minimum Gasteiger partial charge on any atom is -0.382 e. The molecule has 0 fully saturated rings. The summed E-state index contributed by atoms with van der Waals surface area (Å²) in [5.74, 6) is 0.513. The van der Waals surface area contributed by atoms with Gasteiger partial charge in [0, 0.05) is 11.1 Å². The summed E-state index contributed by atoms with van der Waals surface area (Å²) < 4.78 is 1.78. The van der Waals surface area contributed by atoms with Crippen molar-refractivity contribution in [2.45, 2.75) is 5.03 Å². The number of thioether (sulfide) groups is 1. The highest BCUT2D eigenvalue weighted by Crippen LogP contribution is 2.23. The molecule has 0 bridgehead atoms. The molecule has 0 atom stereocenters. The molecule has 0 saturated carbocycles. The lowest BCUT2D eigenvalue weighted by molar-refractivity contribution is 0.808. The molecule has 1 heterocycles. The molecule has 5 heteroatoms. The highest BCUT2D eigenvalue weighted by molar-refractivity contribution is 7.98. The molecule has 15 heavy (non-hydrogen) atoms. The summed E-state index contributed by atoms with van der Waals surface area (Å²) in [6, 6.07) is 9.35. The van der Waals surface area contributed by atoms with Crippen molar-refractivity contribution in [3.8, 4) is 5.69 Å². The van der Waals surface area contributed by atoms with Gasteiger partial charge < -0.3 is 5.73 Å². The number of hydrogen-bond donors (Lipinski definition) is 1. The maximum Gasteiger partial charge on any atom is 0.147 e. The van der Waals surface area contributed by atoms with Crippen LogP contribution in [0.25, 0.3) is 5.69 Å². The summed E-state index contributed by atoms with van der Waals surface area (Å²) in [6.45, 7) is 0. The first-order chi connectivity index (χ1) is 7.20. The van der Waals surface area contributed by atoms with Crippen LogP contribution in [0.2, 0.25) is 5.02 Å². The predicted molar refractivity (Wildman–Crippen MR) is 64.8 cm³/mol. The van der Waals surface area contributed by atoms with E-state index in [0.717, 1.165) is 10.7 Å². The number of nitrogen functional groups attached to an aromatic ring is 1. The SMILES string of the molecule is CSc1cc(N)nn1-c1cccc(Cl)c1. The van der Waals surface area contributed by atoms with Crippen LogP contribution < -0.4 is 5.73 Å². The number of rotatable bonds is 2. The summed E-state index contributed by atoms with van der Waals surface area (Å²) in [7, 11) is 0. The van der Waals surface area contributed by atoms with Crippen LogP contribution in [0.1, 0.15) is 0 Å². The van der Waals surface area contributed by atoms with Gasteiger partial charge in [0.25, 0.3) is 0 Å². The Morgan fingerprint density at radius 3 is 2.87 bits per heavy atom. The van der Waals surface area contributed by atoms with Gasteiger partial charge in [-0.25, -0.2) is 4.68 Å². The largest absolute Gasteiger partial charge is 0.382 e. The van der Waals surface area contributed by atoms with Gasteiger partial charge in [0.2, 0.25) is 0 Å². The van der Waals surface area contributed by atoms with Crippen molar-refractivity contribution in [1.82, 2.24) is 9.78 Å². The zero-order chi connectivity index (χ0) is 10.8. The Labute approximate surface area is 97.2 Å². The first-order valence-corrected chi connectivity index (χ1v) is 5.96. The van der Waals surface area contributed by atoms with E-state index < -0.39 is 0 Å². The minimum atomic E-state index is 0.513. The second kappa shape index (κ2) is 4.16. The van der Waals surface area contributed by atoms with E-state index in [0.29, 0.717) is 10.8 Å². The fraction of sp³-hybridized carbons (Fsp3) is 0.100. The summed E-state index contributed by atoms with van der Waals surface area (Å²) >= 11 is 7.51. The van der Waals surface area contributed by atoms with E-state index in [4.69, 9.17) is 17.3 Å². The van der Waals surface area contributed by atoms with Crippen molar-refractivity contribution in [2.75, 3.05) is 12.0 Å². The molecule has 2 aromatic rings. The van der Waals surface area contributed by atoms with E-state index in [1.165, 1.54) is 0 Å². The van der Waals surface area contributed by atoms with E-state index in [1.807, 2.05) is 36.6 Å². The highest BCUT2D eigenvalue weighted by Gasteiger charge is 2.06. The number of aromatic nitrogens is 2. The van der Waals surface area contributed by atoms with Gasteiger partial charge in [0.05, 0.1) is 5.69 Å². The van der Waals surface area contributed by atoms with Gasteiger partial charge in [0.15, 0.2) is 0 Å². The summed E-state index contributed by atoms with van der Waals surface area (Å²) in [4.78, 5) is 0. The number of anilines is 1. The Balaban J connectivity index is 2.53. The summed E-state index contributed by atoms with van der Waals surface area (Å²) in [6.07, 6.45) is 1.98. The van der Waals surface area contributed by atoms with Crippen LogP contribution in [0, 0.1) is 0 Å². The Morgan fingerprint density at radius 1 is 1.40 bits per heavy atom. The highest BCUT2D eigenvalue weighted by atomic mass is 35.5. The predicted octanol–water partition coefficient (Wildman–Crippen LogP) is 2.83. The molecule has 2 N–H and O–H groups in total. The quantitative estimate of drug-likeness (QED) is 0.820. The molecule has 0 aliphatic rings. The van der Waals surface area contributed by atoms with Crippen LogP contribution in [0.3, 0.4) is 0 Å². The molecule has 3 nitrogen and oxygen atoms in total. The van der Waals surface area contributed by atoms with Gasteiger partial charge in [-0.2, -0.15) is 0 Å². The fourth-order valence-corrected chi connectivity index (χ4v) is 2.06. The molecule has 1 aromatic carbocycles. The van der Waals surface area contributed by atoms with Crippen molar-refractivity contribution in [3.63, 3.8) is 0 Å². The lowest BCUT2D eigenvalue weighted by Gasteiger charge is -2.04. The Morgan fingerprint density at radius 2 is 2.20 bits per heavy atom. The third-order valence-corrected chi connectivity index (χ3v) is 2.90. The third-order valence-electron chi connectivity index (χ3n) is 1.96. The Kier molecular flexibility index (Phi) is 2.88. The topological polar surface area (TPSA) is 43.8 Å². The standard InChI is InChI=1S/C10H10ClN3S/c1-15-10-6-9(12)13-14(10)8-4-2-3-7(11)5-8/h2-6H,1H3,(H2,12,13). The van der Waals surface area contributed by atoms with E-state index >= 15 is 0 Å². The van der Waals surface area contributed by atoms with Crippen LogP contribution >= 0.6 is 23.4 Å².